The highest BCUT2D eigenvalue weighted by atomic mass is 16.5. The first-order valence-corrected chi connectivity index (χ1v) is 7.83. The van der Waals surface area contributed by atoms with E-state index in [1.54, 1.807) is 0 Å². The topological polar surface area (TPSA) is 87.0 Å². The number of carbonyl (C=O) groups excluding carboxylic acids is 1. The van der Waals surface area contributed by atoms with Gasteiger partial charge in [-0.25, -0.2) is 4.79 Å². The zero-order valence-corrected chi connectivity index (χ0v) is 13.4. The summed E-state index contributed by atoms with van der Waals surface area (Å²) in [6, 6.07) is 13.1. The number of carbonyl (C=O) groups is 1. The Hall–Kier alpha value is -3.02. The molecule has 0 radical (unpaired) electrons. The van der Waals surface area contributed by atoms with Gasteiger partial charge in [-0.2, -0.15) is 0 Å². The summed E-state index contributed by atoms with van der Waals surface area (Å²) in [4.78, 5) is 28.7. The van der Waals surface area contributed by atoms with Crippen LogP contribution in [-0.2, 0) is 17.8 Å². The molecule has 6 heteroatoms. The predicted molar refractivity (Wildman–Crippen MR) is 92.1 cm³/mol. The Morgan fingerprint density at radius 2 is 1.75 bits per heavy atom. The van der Waals surface area contributed by atoms with Crippen molar-refractivity contribution in [3.05, 3.63) is 64.1 Å². The molecule has 0 bridgehead atoms. The van der Waals surface area contributed by atoms with Gasteiger partial charge in [-0.3, -0.25) is 4.79 Å². The summed E-state index contributed by atoms with van der Waals surface area (Å²) < 4.78 is 5.38. The number of amides is 1. The highest BCUT2D eigenvalue weighted by molar-refractivity contribution is 5.79. The van der Waals surface area contributed by atoms with Crippen molar-refractivity contribution in [1.82, 2.24) is 15.3 Å². The van der Waals surface area contributed by atoms with Crippen molar-refractivity contribution in [3.63, 3.8) is 0 Å². The number of rotatable bonds is 6. The Morgan fingerprint density at radius 3 is 2.50 bits per heavy atom. The van der Waals surface area contributed by atoms with E-state index in [0.717, 1.165) is 27.9 Å². The number of nitrogens with one attached hydrogen (secondary N) is 3. The lowest BCUT2D eigenvalue weighted by Crippen LogP contribution is -2.24. The van der Waals surface area contributed by atoms with Crippen LogP contribution in [-0.4, -0.2) is 22.5 Å². The Kier molecular flexibility index (Phi) is 4.65. The van der Waals surface area contributed by atoms with Crippen LogP contribution in [0.2, 0.25) is 0 Å². The van der Waals surface area contributed by atoms with Gasteiger partial charge >= 0.3 is 5.69 Å². The van der Waals surface area contributed by atoms with E-state index in [1.807, 2.05) is 49.4 Å². The number of ether oxygens (including phenoxy) is 1. The maximum Gasteiger partial charge on any atom is 0.323 e. The number of hydrogen-bond donors (Lipinski definition) is 3. The molecule has 1 amide bonds. The number of aromatic nitrogens is 2. The molecule has 0 unspecified atom stereocenters. The zero-order valence-electron chi connectivity index (χ0n) is 13.4. The average molecular weight is 325 g/mol. The van der Waals surface area contributed by atoms with Crippen molar-refractivity contribution in [1.29, 1.82) is 0 Å². The molecule has 3 N–H and O–H groups in total. The van der Waals surface area contributed by atoms with Crippen LogP contribution in [0.5, 0.6) is 5.75 Å². The van der Waals surface area contributed by atoms with Crippen LogP contribution in [0.3, 0.4) is 0 Å². The molecule has 0 aliphatic rings. The van der Waals surface area contributed by atoms with Gasteiger partial charge in [-0.05, 0) is 42.3 Å². The van der Waals surface area contributed by atoms with E-state index in [4.69, 9.17) is 4.74 Å². The first-order valence-electron chi connectivity index (χ1n) is 7.83. The molecular weight excluding hydrogens is 306 g/mol. The number of benzene rings is 2. The quantitative estimate of drug-likeness (QED) is 0.649. The first kappa shape index (κ1) is 15.9. The number of imidazole rings is 1. The summed E-state index contributed by atoms with van der Waals surface area (Å²) in [6.07, 6.45) is 0.315. The minimum atomic E-state index is -0.235. The van der Waals surface area contributed by atoms with Crippen LogP contribution in [0.1, 0.15) is 18.1 Å². The molecule has 2 aromatic carbocycles. The highest BCUT2D eigenvalue weighted by Crippen LogP contribution is 2.13. The zero-order chi connectivity index (χ0) is 16.9. The van der Waals surface area contributed by atoms with Crippen LogP contribution in [0.15, 0.2) is 47.3 Å². The van der Waals surface area contributed by atoms with Gasteiger partial charge in [0.15, 0.2) is 0 Å². The summed E-state index contributed by atoms with van der Waals surface area (Å²) in [7, 11) is 0. The van der Waals surface area contributed by atoms with Crippen LogP contribution in [0, 0.1) is 0 Å². The lowest BCUT2D eigenvalue weighted by molar-refractivity contribution is -0.120. The minimum absolute atomic E-state index is 0.0539. The van der Waals surface area contributed by atoms with Gasteiger partial charge in [0.05, 0.1) is 24.1 Å². The van der Waals surface area contributed by atoms with Gasteiger partial charge in [0.1, 0.15) is 5.75 Å². The summed E-state index contributed by atoms with van der Waals surface area (Å²) in [6.45, 7) is 2.97. The van der Waals surface area contributed by atoms with E-state index in [2.05, 4.69) is 15.3 Å². The largest absolute Gasteiger partial charge is 0.494 e. The third kappa shape index (κ3) is 3.84. The standard InChI is InChI=1S/C18H19N3O3/c1-2-24-14-6-3-12(4-7-14)10-17(22)19-11-13-5-8-15-16(9-13)21-18(23)20-15/h3-9H,2,10-11H2,1H3,(H,19,22)(H2,20,21,23). The molecule has 0 spiro atoms. The second-order valence-electron chi connectivity index (χ2n) is 5.49. The van der Waals surface area contributed by atoms with Crippen LogP contribution in [0.25, 0.3) is 11.0 Å². The molecule has 1 heterocycles. The van der Waals surface area contributed by atoms with Crippen LogP contribution < -0.4 is 15.7 Å². The molecule has 6 nitrogen and oxygen atoms in total. The summed E-state index contributed by atoms with van der Waals surface area (Å²) in [5, 5.41) is 2.89. The fraction of sp³-hybridized carbons (Fsp3) is 0.222. The van der Waals surface area contributed by atoms with Gasteiger partial charge in [-0.15, -0.1) is 0 Å². The van der Waals surface area contributed by atoms with E-state index in [-0.39, 0.29) is 11.6 Å². The number of hydrogen-bond acceptors (Lipinski definition) is 3. The Morgan fingerprint density at radius 1 is 1.04 bits per heavy atom. The summed E-state index contributed by atoms with van der Waals surface area (Å²) in [5.41, 5.74) is 3.11. The molecule has 0 aliphatic carbocycles. The molecule has 0 atom stereocenters. The highest BCUT2D eigenvalue weighted by Gasteiger charge is 2.05. The SMILES string of the molecule is CCOc1ccc(CC(=O)NCc2ccc3[nH]c(=O)[nH]c3c2)cc1. The molecule has 0 saturated carbocycles. The molecule has 124 valence electrons. The third-order valence-electron chi connectivity index (χ3n) is 3.67. The van der Waals surface area contributed by atoms with E-state index in [9.17, 15) is 9.59 Å². The first-order chi connectivity index (χ1) is 11.6. The van der Waals surface area contributed by atoms with Gasteiger partial charge in [-0.1, -0.05) is 18.2 Å². The fourth-order valence-electron chi connectivity index (χ4n) is 2.51. The monoisotopic (exact) mass is 325 g/mol. The second kappa shape index (κ2) is 7.04. The van der Waals surface area contributed by atoms with Gasteiger partial charge in [0, 0.05) is 6.54 Å². The Balaban J connectivity index is 1.56. The predicted octanol–water partition coefficient (Wildman–Crippen LogP) is 2.11. The van der Waals surface area contributed by atoms with E-state index < -0.39 is 0 Å². The second-order valence-corrected chi connectivity index (χ2v) is 5.49. The lowest BCUT2D eigenvalue weighted by atomic mass is 10.1. The average Bonchev–Trinajstić information content (AvgIpc) is 2.94. The molecule has 24 heavy (non-hydrogen) atoms. The van der Waals surface area contributed by atoms with Crippen LogP contribution >= 0.6 is 0 Å². The number of fused-ring (bicyclic) bond motifs is 1. The van der Waals surface area contributed by atoms with Gasteiger partial charge in [0.25, 0.3) is 0 Å². The number of aromatic amines is 2. The molecule has 3 rings (SSSR count). The fourth-order valence-corrected chi connectivity index (χ4v) is 2.51. The third-order valence-corrected chi connectivity index (χ3v) is 3.67. The van der Waals surface area contributed by atoms with Gasteiger partial charge in [0.2, 0.25) is 5.91 Å². The van der Waals surface area contributed by atoms with Crippen molar-refractivity contribution < 1.29 is 9.53 Å². The van der Waals surface area contributed by atoms with Crippen molar-refractivity contribution in [2.45, 2.75) is 19.9 Å². The van der Waals surface area contributed by atoms with Crippen molar-refractivity contribution in [2.24, 2.45) is 0 Å². The van der Waals surface area contributed by atoms with E-state index in [0.29, 0.717) is 19.6 Å². The Bertz CT molecular complexity index is 894. The lowest BCUT2D eigenvalue weighted by Gasteiger charge is -2.07. The normalized spacial score (nSPS) is 10.7. The molecular formula is C18H19N3O3. The van der Waals surface area contributed by atoms with Gasteiger partial charge < -0.3 is 20.0 Å². The molecule has 3 aromatic rings. The Labute approximate surface area is 138 Å². The molecule has 0 aliphatic heterocycles. The van der Waals surface area contributed by atoms with Crippen LogP contribution in [0.4, 0.5) is 0 Å². The van der Waals surface area contributed by atoms with E-state index in [1.165, 1.54) is 0 Å². The van der Waals surface area contributed by atoms with E-state index >= 15 is 0 Å². The van der Waals surface area contributed by atoms with Crippen molar-refractivity contribution in [2.75, 3.05) is 6.61 Å². The molecule has 1 aromatic heterocycles. The molecule has 0 saturated heterocycles. The smallest absolute Gasteiger partial charge is 0.323 e. The van der Waals surface area contributed by atoms with Crippen molar-refractivity contribution >= 4 is 16.9 Å². The number of H-pyrrole nitrogens is 2. The molecule has 0 fully saturated rings. The minimum Gasteiger partial charge on any atom is -0.494 e. The summed E-state index contributed by atoms with van der Waals surface area (Å²) in [5.74, 6) is 0.747. The van der Waals surface area contributed by atoms with Crippen molar-refractivity contribution in [3.8, 4) is 5.75 Å². The maximum atomic E-state index is 12.1. The summed E-state index contributed by atoms with van der Waals surface area (Å²) >= 11 is 0. The maximum absolute atomic E-state index is 12.1.